The van der Waals surface area contributed by atoms with Gasteiger partial charge in [-0.05, 0) is 65.1 Å². The summed E-state index contributed by atoms with van der Waals surface area (Å²) in [4.78, 5) is 26.3. The van der Waals surface area contributed by atoms with Gasteiger partial charge in [-0.1, -0.05) is 0 Å². The maximum absolute atomic E-state index is 13.5. The van der Waals surface area contributed by atoms with Crippen LogP contribution in [0.1, 0.15) is 32.5 Å². The highest BCUT2D eigenvalue weighted by Crippen LogP contribution is 2.33. The summed E-state index contributed by atoms with van der Waals surface area (Å²) in [6, 6.07) is 1.78. The normalized spacial score (nSPS) is 19.4. The summed E-state index contributed by atoms with van der Waals surface area (Å²) in [6.07, 6.45) is 1.86. The van der Waals surface area contributed by atoms with E-state index in [1.54, 1.807) is 4.90 Å². The Balaban J connectivity index is 1.50. The van der Waals surface area contributed by atoms with Crippen LogP contribution in [0.5, 0.6) is 0 Å². The van der Waals surface area contributed by atoms with Gasteiger partial charge in [0.2, 0.25) is 0 Å². The van der Waals surface area contributed by atoms with Crippen LogP contribution in [0.25, 0.3) is 10.2 Å². The van der Waals surface area contributed by atoms with Crippen LogP contribution in [0, 0.1) is 18.3 Å². The minimum atomic E-state index is -0.731. The average Bonchev–Trinajstić information content (AvgIpc) is 3.36. The van der Waals surface area contributed by atoms with E-state index in [0.717, 1.165) is 42.8 Å². The molecule has 11 heteroatoms. The Morgan fingerprint density at radius 1 is 1.37 bits per heavy atom. The highest BCUT2D eigenvalue weighted by molar-refractivity contribution is 7.17. The van der Waals surface area contributed by atoms with Crippen LogP contribution in [0.3, 0.4) is 0 Å². The predicted molar refractivity (Wildman–Crippen MR) is 140 cm³/mol. The van der Waals surface area contributed by atoms with Crippen LogP contribution < -0.4 is 16.4 Å². The van der Waals surface area contributed by atoms with Gasteiger partial charge in [-0.15, -0.1) is 11.3 Å². The summed E-state index contributed by atoms with van der Waals surface area (Å²) in [5, 5.41) is 17.1. The Labute approximate surface area is 210 Å². The molecule has 0 saturated carbocycles. The molecule has 2 aromatic heterocycles. The zero-order valence-corrected chi connectivity index (χ0v) is 22.0. The van der Waals surface area contributed by atoms with Crippen LogP contribution in [0.4, 0.5) is 10.6 Å². The molecular weight excluding hydrogens is 464 g/mol. The van der Waals surface area contributed by atoms with Crippen molar-refractivity contribution in [3.63, 3.8) is 0 Å². The maximum atomic E-state index is 13.5. The highest BCUT2D eigenvalue weighted by Gasteiger charge is 2.43. The molecule has 2 aliphatic heterocycles. The third-order valence-electron chi connectivity index (χ3n) is 6.89. The van der Waals surface area contributed by atoms with Gasteiger partial charge in [0.15, 0.2) is 5.82 Å². The molecule has 2 amide bonds. The van der Waals surface area contributed by atoms with E-state index >= 15 is 0 Å². The Kier molecular flexibility index (Phi) is 7.30. The van der Waals surface area contributed by atoms with Gasteiger partial charge >= 0.3 is 6.03 Å². The van der Waals surface area contributed by atoms with Crippen molar-refractivity contribution in [1.29, 1.82) is 5.41 Å². The lowest BCUT2D eigenvalue weighted by molar-refractivity contribution is 0.0498. The van der Waals surface area contributed by atoms with Crippen molar-refractivity contribution in [1.82, 2.24) is 25.1 Å². The second-order valence-corrected chi connectivity index (χ2v) is 11.0. The average molecular weight is 501 g/mol. The second-order valence-electron chi connectivity index (χ2n) is 10.1. The van der Waals surface area contributed by atoms with Crippen molar-refractivity contribution in [2.45, 2.75) is 45.2 Å². The van der Waals surface area contributed by atoms with Crippen LogP contribution in [-0.4, -0.2) is 83.6 Å². The molecular formula is C24H36N8O2S. The molecule has 10 nitrogen and oxygen atoms in total. The lowest BCUT2D eigenvalue weighted by Gasteiger charge is -2.37. The number of thiophene rings is 1. The number of hydrogen-bond acceptors (Lipinski definition) is 8. The minimum absolute atomic E-state index is 0.0103. The zero-order valence-electron chi connectivity index (χ0n) is 21.1. The van der Waals surface area contributed by atoms with Crippen LogP contribution in [-0.2, 0) is 4.74 Å². The Morgan fingerprint density at radius 3 is 2.77 bits per heavy atom. The van der Waals surface area contributed by atoms with Crippen molar-refractivity contribution in [2.75, 3.05) is 45.7 Å². The number of carbonyl (C=O) groups is 1. The number of nitrogens with two attached hydrogens (primary N) is 1. The summed E-state index contributed by atoms with van der Waals surface area (Å²) in [6.45, 7) is 8.11. The van der Waals surface area contributed by atoms with Crippen LogP contribution >= 0.6 is 11.3 Å². The number of ether oxygens (including phenoxy) is 1. The molecule has 5 N–H and O–H groups in total. The van der Waals surface area contributed by atoms with Crippen molar-refractivity contribution >= 4 is 39.2 Å². The monoisotopic (exact) mass is 500 g/mol. The smallest absolute Gasteiger partial charge is 0.318 e. The van der Waals surface area contributed by atoms with E-state index < -0.39 is 5.54 Å². The SMILES string of the molecule is Cc1nc(NC(=N)C2=C(N)C(C)(C)N(C(=O)N[C@H](CN(C)C)C3CCOCC3)C2)c2sccc2n1. The predicted octanol–water partition coefficient (Wildman–Crippen LogP) is 2.76. The molecule has 0 bridgehead atoms. The second kappa shape index (κ2) is 10.1. The molecule has 0 spiro atoms. The van der Waals surface area contributed by atoms with Crippen molar-refractivity contribution in [3.05, 3.63) is 28.5 Å². The first kappa shape index (κ1) is 25.3. The fourth-order valence-corrected chi connectivity index (χ4v) is 5.59. The fourth-order valence-electron chi connectivity index (χ4n) is 4.81. The molecule has 2 aromatic rings. The van der Waals surface area contributed by atoms with Gasteiger partial charge in [-0.2, -0.15) is 0 Å². The molecule has 190 valence electrons. The lowest BCUT2D eigenvalue weighted by atomic mass is 9.91. The first-order chi connectivity index (χ1) is 16.6. The molecule has 0 aromatic carbocycles. The van der Waals surface area contributed by atoms with Gasteiger partial charge in [0.25, 0.3) is 0 Å². The molecule has 1 fully saturated rings. The van der Waals surface area contributed by atoms with Gasteiger partial charge in [-0.3, -0.25) is 5.41 Å². The van der Waals surface area contributed by atoms with E-state index in [1.807, 2.05) is 46.3 Å². The van der Waals surface area contributed by atoms with Crippen molar-refractivity contribution in [2.24, 2.45) is 11.7 Å². The fraction of sp³-hybridized carbons (Fsp3) is 0.583. The Hall–Kier alpha value is -2.76. The number of aromatic nitrogens is 2. The topological polar surface area (TPSA) is 132 Å². The Morgan fingerprint density at radius 2 is 2.09 bits per heavy atom. The van der Waals surface area contributed by atoms with Gasteiger partial charge in [0.05, 0.1) is 22.3 Å². The van der Waals surface area contributed by atoms with Crippen LogP contribution in [0.15, 0.2) is 22.7 Å². The third-order valence-corrected chi connectivity index (χ3v) is 7.80. The zero-order chi connectivity index (χ0) is 25.3. The number of fused-ring (bicyclic) bond motifs is 1. The minimum Gasteiger partial charge on any atom is -0.400 e. The number of nitrogens with zero attached hydrogens (tertiary/aromatic N) is 4. The highest BCUT2D eigenvalue weighted by atomic mass is 32.1. The third kappa shape index (κ3) is 5.26. The summed E-state index contributed by atoms with van der Waals surface area (Å²) in [5.74, 6) is 1.72. The van der Waals surface area contributed by atoms with E-state index in [9.17, 15) is 4.79 Å². The molecule has 4 heterocycles. The van der Waals surface area contributed by atoms with Gasteiger partial charge in [0.1, 0.15) is 11.7 Å². The maximum Gasteiger partial charge on any atom is 0.318 e. The number of likely N-dealkylation sites (N-methyl/N-ethyl adjacent to an activating group) is 1. The largest absolute Gasteiger partial charge is 0.400 e. The molecule has 4 rings (SSSR count). The van der Waals surface area contributed by atoms with Gasteiger partial charge < -0.3 is 30.9 Å². The summed E-state index contributed by atoms with van der Waals surface area (Å²) >= 11 is 1.52. The molecule has 0 unspecified atom stereocenters. The standard InChI is InChI=1S/C24H36N8O2S/c1-14-27-17-8-11-35-19(17)22(28-14)30-21(26)16-12-32(24(2,3)20(16)25)23(33)29-18(13-31(4)5)15-6-9-34-10-7-15/h8,11,15,18H,6-7,9-10,12-13,25H2,1-5H3,(H,29,33)(H2,26,27,28,30)/t18-/m1/s1. The number of urea groups is 1. The molecule has 35 heavy (non-hydrogen) atoms. The molecule has 1 atom stereocenters. The van der Waals surface area contributed by atoms with Crippen LogP contribution in [0.2, 0.25) is 0 Å². The summed E-state index contributed by atoms with van der Waals surface area (Å²) in [7, 11) is 4.03. The number of aryl methyl sites for hydroxylation is 1. The number of anilines is 1. The first-order valence-electron chi connectivity index (χ1n) is 12.0. The Bertz CT molecular complexity index is 1140. The van der Waals surface area contributed by atoms with Gasteiger partial charge in [0, 0.05) is 37.1 Å². The van der Waals surface area contributed by atoms with E-state index in [2.05, 4.69) is 25.5 Å². The number of nitrogens with one attached hydrogen (secondary N) is 3. The van der Waals surface area contributed by atoms with Gasteiger partial charge in [-0.25, -0.2) is 14.8 Å². The van der Waals surface area contributed by atoms with E-state index in [4.69, 9.17) is 15.9 Å². The van der Waals surface area contributed by atoms with Crippen molar-refractivity contribution in [3.8, 4) is 0 Å². The lowest BCUT2D eigenvalue weighted by Crippen LogP contribution is -2.56. The number of amides is 2. The molecule has 2 aliphatic rings. The molecule has 0 aliphatic carbocycles. The quantitative estimate of drug-likeness (QED) is 0.354. The number of rotatable bonds is 6. The van der Waals surface area contributed by atoms with E-state index in [-0.39, 0.29) is 24.5 Å². The summed E-state index contributed by atoms with van der Waals surface area (Å²) in [5.41, 5.74) is 7.75. The molecule has 1 saturated heterocycles. The summed E-state index contributed by atoms with van der Waals surface area (Å²) < 4.78 is 6.41. The van der Waals surface area contributed by atoms with Crippen molar-refractivity contribution < 1.29 is 9.53 Å². The van der Waals surface area contributed by atoms with E-state index in [1.165, 1.54) is 11.3 Å². The number of carbonyl (C=O) groups excluding carboxylic acids is 1. The van der Waals surface area contributed by atoms with E-state index in [0.29, 0.717) is 28.8 Å². The molecule has 0 radical (unpaired) electrons. The first-order valence-corrected chi connectivity index (χ1v) is 12.8. The number of hydrogen-bond donors (Lipinski definition) is 4. The number of amidine groups is 1.